The fraction of sp³-hybridized carbons (Fsp3) is 0.533. The largest absolute Gasteiger partial charge is 1.00 e. The van der Waals surface area contributed by atoms with Gasteiger partial charge in [-0.15, -0.1) is 0 Å². The second-order valence-electron chi connectivity index (χ2n) is 5.57. The lowest BCUT2D eigenvalue weighted by molar-refractivity contribution is -0.888. The number of nitrogens with one attached hydrogen (secondary N) is 1. The number of fused-ring (bicyclic) bond motifs is 1. The average molecular weight is 385 g/mol. The fourth-order valence-corrected chi connectivity index (χ4v) is 3.05. The smallest absolute Gasteiger partial charge is 0.306 e. The van der Waals surface area contributed by atoms with Gasteiger partial charge in [-0.3, -0.25) is 9.88 Å². The summed E-state index contributed by atoms with van der Waals surface area (Å²) >= 11 is 0. The zero-order chi connectivity index (χ0) is 13.1. The highest BCUT2D eigenvalue weighted by molar-refractivity contribution is 5.77. The summed E-state index contributed by atoms with van der Waals surface area (Å²) in [5.74, 6) is 1.11. The summed E-state index contributed by atoms with van der Waals surface area (Å²) in [6.45, 7) is 5.22. The minimum Gasteiger partial charge on any atom is -1.00 e. The molecule has 2 heterocycles. The van der Waals surface area contributed by atoms with Gasteiger partial charge in [0.05, 0.1) is 37.2 Å². The minimum atomic E-state index is 0. The highest BCUT2D eigenvalue weighted by Gasteiger charge is 2.15. The molecule has 7 nitrogen and oxygen atoms in total. The van der Waals surface area contributed by atoms with E-state index >= 15 is 0 Å². The molecule has 0 saturated carbocycles. The minimum absolute atomic E-state index is 0. The van der Waals surface area contributed by atoms with E-state index in [0.29, 0.717) is 0 Å². The number of nitrogens with zero attached hydrogens (tertiary/aromatic N) is 2. The third-order valence-corrected chi connectivity index (χ3v) is 4.19. The Labute approximate surface area is 155 Å². The first-order chi connectivity index (χ1) is 9.34. The summed E-state index contributed by atoms with van der Waals surface area (Å²) in [7, 11) is 2.10. The molecule has 0 amide bonds. The number of para-hydroxylation sites is 2. The summed E-state index contributed by atoms with van der Waals surface area (Å²) < 4.78 is 2.19. The van der Waals surface area contributed by atoms with Crippen molar-refractivity contribution in [1.82, 2.24) is 9.55 Å². The molecule has 1 aliphatic heterocycles. The lowest BCUT2D eigenvalue weighted by Gasteiger charge is -2.10. The van der Waals surface area contributed by atoms with E-state index in [1.54, 1.807) is 4.90 Å². The molecule has 0 atom stereocenters. The van der Waals surface area contributed by atoms with Crippen LogP contribution in [0.25, 0.3) is 11.0 Å². The Hall–Kier alpha value is -0.930. The first kappa shape index (κ1) is 27.9. The van der Waals surface area contributed by atoms with Gasteiger partial charge in [0.25, 0.3) is 0 Å². The molecule has 0 spiro atoms. The number of nitrogens with two attached hydrogens (primary N) is 1. The Morgan fingerprint density at radius 2 is 1.71 bits per heavy atom. The molecule has 1 aliphatic rings. The quantitative estimate of drug-likeness (QED) is 0.486. The van der Waals surface area contributed by atoms with Gasteiger partial charge in [0.2, 0.25) is 0 Å². The van der Waals surface area contributed by atoms with Gasteiger partial charge in [-0.1, -0.05) is 12.1 Å². The van der Waals surface area contributed by atoms with Gasteiger partial charge < -0.3 is 46.1 Å². The molecule has 9 heteroatoms. The van der Waals surface area contributed by atoms with E-state index < -0.39 is 0 Å². The van der Waals surface area contributed by atoms with Crippen molar-refractivity contribution in [3.05, 3.63) is 24.3 Å². The molecule has 24 heavy (non-hydrogen) atoms. The van der Waals surface area contributed by atoms with Crippen molar-refractivity contribution in [2.75, 3.05) is 26.2 Å². The van der Waals surface area contributed by atoms with Crippen LogP contribution in [0.15, 0.2) is 24.3 Å². The molecule has 2 aromatic rings. The number of halogens is 2. The monoisotopic (exact) mass is 384 g/mol. The molecule has 0 radical (unpaired) electrons. The van der Waals surface area contributed by atoms with Gasteiger partial charge >= 0.3 is 5.95 Å². The first-order valence-electron chi connectivity index (χ1n) is 7.43. The Bertz CT molecular complexity index is 563. The van der Waals surface area contributed by atoms with E-state index in [9.17, 15) is 0 Å². The molecular formula is C15H30Cl2N4O3. The summed E-state index contributed by atoms with van der Waals surface area (Å²) in [5.41, 5.74) is 2.32. The fourth-order valence-electron chi connectivity index (χ4n) is 3.05. The number of hydrogen-bond acceptors (Lipinski definition) is 1. The normalized spacial score (nSPS) is 13.0. The van der Waals surface area contributed by atoms with Crippen LogP contribution in [-0.4, -0.2) is 52.2 Å². The zero-order valence-corrected chi connectivity index (χ0v) is 15.5. The molecule has 142 valence electrons. The third-order valence-electron chi connectivity index (χ3n) is 4.19. The molecule has 0 aliphatic carbocycles. The van der Waals surface area contributed by atoms with E-state index in [0.717, 1.165) is 18.0 Å². The predicted octanol–water partition coefficient (Wildman–Crippen LogP) is -8.63. The summed E-state index contributed by atoms with van der Waals surface area (Å²) in [6.07, 6.45) is 4.12. The van der Waals surface area contributed by atoms with Crippen molar-refractivity contribution < 1.29 is 51.5 Å². The number of aromatic nitrogens is 2. The number of quaternary nitrogens is 2. The molecule has 1 saturated heterocycles. The lowest BCUT2D eigenvalue weighted by atomic mass is 10.3. The molecule has 9 N–H and O–H groups in total. The Morgan fingerprint density at radius 1 is 1.08 bits per heavy atom. The number of imidazole rings is 1. The SMILES string of the molecule is Cn1c([NH2+]CCC[NH+]2CCCC2)nc2ccccc21.O.O.O.[Cl-].[Cl-]. The maximum Gasteiger partial charge on any atom is 0.306 e. The number of rotatable bonds is 5. The van der Waals surface area contributed by atoms with Crippen molar-refractivity contribution >= 4 is 17.0 Å². The maximum atomic E-state index is 4.68. The van der Waals surface area contributed by atoms with E-state index in [-0.39, 0.29) is 41.2 Å². The predicted molar refractivity (Wildman–Crippen MR) is 87.4 cm³/mol. The summed E-state index contributed by atoms with van der Waals surface area (Å²) in [4.78, 5) is 6.47. The van der Waals surface area contributed by atoms with Crippen LogP contribution in [0, 0.1) is 0 Å². The summed E-state index contributed by atoms with van der Waals surface area (Å²) in [6, 6.07) is 8.34. The average Bonchev–Trinajstić information content (AvgIpc) is 3.04. The van der Waals surface area contributed by atoms with Crippen LogP contribution >= 0.6 is 0 Å². The lowest BCUT2D eigenvalue weighted by Crippen LogP contribution is -3.10. The van der Waals surface area contributed by atoms with Gasteiger partial charge in [0, 0.05) is 26.3 Å². The topological polar surface area (TPSA) is 133 Å². The van der Waals surface area contributed by atoms with E-state index in [1.807, 2.05) is 0 Å². The standard InChI is InChI=1S/C15H22N4.2ClH.3H2O/c1-18-14-8-3-2-7-13(14)17-15(18)16-9-6-12-19-10-4-5-11-19;;;;;/h2-3,7-8H,4-6,9-12H2,1H3,(H,16,17);2*1H;3*1H2. The molecule has 1 fully saturated rings. The van der Waals surface area contributed by atoms with Gasteiger partial charge in [0.15, 0.2) is 0 Å². The molecule has 0 unspecified atom stereocenters. The van der Waals surface area contributed by atoms with Crippen LogP contribution < -0.4 is 35.0 Å². The molecule has 0 bridgehead atoms. The number of hydrogen-bond donors (Lipinski definition) is 2. The van der Waals surface area contributed by atoms with Crippen LogP contribution in [0.4, 0.5) is 5.95 Å². The second kappa shape index (κ2) is 13.4. The Kier molecular flexibility index (Phi) is 15.5. The van der Waals surface area contributed by atoms with Crippen LogP contribution in [0.5, 0.6) is 0 Å². The zero-order valence-electron chi connectivity index (χ0n) is 14.0. The van der Waals surface area contributed by atoms with Gasteiger partial charge in [-0.25, -0.2) is 0 Å². The van der Waals surface area contributed by atoms with Crippen molar-refractivity contribution in [3.63, 3.8) is 0 Å². The summed E-state index contributed by atoms with van der Waals surface area (Å²) in [5, 5.41) is 2.29. The van der Waals surface area contributed by atoms with E-state index in [1.165, 1.54) is 44.4 Å². The highest BCUT2D eigenvalue weighted by atomic mass is 35.5. The van der Waals surface area contributed by atoms with Crippen molar-refractivity contribution in [1.29, 1.82) is 0 Å². The molecule has 1 aromatic heterocycles. The molecule has 1 aromatic carbocycles. The Morgan fingerprint density at radius 3 is 2.33 bits per heavy atom. The first-order valence-corrected chi connectivity index (χ1v) is 7.43. The third kappa shape index (κ3) is 6.52. The second-order valence-corrected chi connectivity index (χ2v) is 5.57. The van der Waals surface area contributed by atoms with Crippen LogP contribution in [-0.2, 0) is 7.05 Å². The molecule has 3 rings (SSSR count). The van der Waals surface area contributed by atoms with Gasteiger partial charge in [-0.05, 0) is 12.1 Å². The Balaban J connectivity index is -0.000000882. The highest BCUT2D eigenvalue weighted by Crippen LogP contribution is 2.14. The number of likely N-dealkylation sites (tertiary alicyclic amines) is 1. The van der Waals surface area contributed by atoms with Crippen LogP contribution in [0.2, 0.25) is 0 Å². The van der Waals surface area contributed by atoms with E-state index in [2.05, 4.69) is 46.2 Å². The number of benzene rings is 1. The number of aryl methyl sites for hydroxylation is 1. The van der Waals surface area contributed by atoms with Gasteiger partial charge in [-0.2, -0.15) is 4.98 Å². The maximum absolute atomic E-state index is 4.68. The van der Waals surface area contributed by atoms with Crippen LogP contribution in [0.1, 0.15) is 19.3 Å². The van der Waals surface area contributed by atoms with Crippen LogP contribution in [0.3, 0.4) is 0 Å². The van der Waals surface area contributed by atoms with Crippen molar-refractivity contribution in [2.45, 2.75) is 19.3 Å². The van der Waals surface area contributed by atoms with Crippen molar-refractivity contribution in [2.24, 2.45) is 7.05 Å². The van der Waals surface area contributed by atoms with E-state index in [4.69, 9.17) is 0 Å². The van der Waals surface area contributed by atoms with Crippen molar-refractivity contribution in [3.8, 4) is 0 Å². The van der Waals surface area contributed by atoms with Gasteiger partial charge in [0.1, 0.15) is 0 Å². The molecular weight excluding hydrogens is 355 g/mol.